The number of piperidine rings is 1. The minimum absolute atomic E-state index is 0.0455. The maximum Gasteiger partial charge on any atom is 0.410 e. The van der Waals surface area contributed by atoms with Crippen LogP contribution in [0.3, 0.4) is 0 Å². The fourth-order valence-corrected chi connectivity index (χ4v) is 15.4. The average molecular weight is 768 g/mol. The monoisotopic (exact) mass is 768 g/mol. The van der Waals surface area contributed by atoms with Gasteiger partial charge in [-0.05, 0) is 166 Å². The van der Waals surface area contributed by atoms with Crippen molar-refractivity contribution in [3.63, 3.8) is 0 Å². The molecule has 0 spiro atoms. The zero-order valence-electron chi connectivity index (χ0n) is 36.6. The first-order valence-corrected chi connectivity index (χ1v) is 22.3. The Morgan fingerprint density at radius 2 is 1.59 bits per heavy atom. The Kier molecular flexibility index (Phi) is 9.83. The highest BCUT2D eigenvalue weighted by Crippen LogP contribution is 2.76. The molecule has 3 heterocycles. The van der Waals surface area contributed by atoms with Crippen LogP contribution in [0.25, 0.3) is 5.57 Å². The van der Waals surface area contributed by atoms with Crippen molar-refractivity contribution in [2.45, 2.75) is 150 Å². The molecule has 7 heteroatoms. The maximum absolute atomic E-state index is 12.9. The number of carbonyl (C=O) groups is 2. The van der Waals surface area contributed by atoms with Crippen LogP contribution in [0.1, 0.15) is 142 Å². The Labute approximate surface area is 338 Å². The van der Waals surface area contributed by atoms with Crippen molar-refractivity contribution in [2.24, 2.45) is 51.2 Å². The highest BCUT2D eigenvalue weighted by atomic mass is 16.6. The van der Waals surface area contributed by atoms with Gasteiger partial charge >= 0.3 is 12.1 Å². The number of nitrogens with zero attached hydrogens (tertiary/aromatic N) is 2. The number of nitrogens with one attached hydrogen (secondary N) is 1. The summed E-state index contributed by atoms with van der Waals surface area (Å²) in [7, 11) is 1.45. The summed E-state index contributed by atoms with van der Waals surface area (Å²) in [5.41, 5.74) is 5.34. The number of carbonyl (C=O) groups excluding carboxylic acids is 2. The molecule has 0 radical (unpaired) electrons. The standard InChI is InChI=1S/C49H73N3O4/c1-31(2)36-18-23-49(50-26-27-51-29-34-28-35(30-51)52(34)43(54)56-44(3,4)5)25-24-47(9)38(41(36)49)16-17-40-46(8)21-19-37(32-12-14-33(15-13-32)42(53)55-11)45(6,7)39(46)20-22-48(40,47)10/h12-15,19,34-36,38-41,50H,1,16-18,20-30H2,2-11H3/t34?,35?,36-,38+,39-,40+,41+,46-,47+,48+,49-/m0/s1. The predicted octanol–water partition coefficient (Wildman–Crippen LogP) is 10.2. The first kappa shape index (κ1) is 40.2. The van der Waals surface area contributed by atoms with Crippen molar-refractivity contribution in [2.75, 3.05) is 33.3 Å². The van der Waals surface area contributed by atoms with Crippen LogP contribution in [-0.2, 0) is 9.47 Å². The van der Waals surface area contributed by atoms with Crippen LogP contribution in [0.2, 0.25) is 0 Å². The Hall–Kier alpha value is -2.64. The van der Waals surface area contributed by atoms with Gasteiger partial charge in [0.15, 0.2) is 0 Å². The van der Waals surface area contributed by atoms with Crippen molar-refractivity contribution in [1.29, 1.82) is 0 Å². The van der Waals surface area contributed by atoms with Crippen molar-refractivity contribution < 1.29 is 19.1 Å². The van der Waals surface area contributed by atoms with Gasteiger partial charge in [0.2, 0.25) is 0 Å². The molecule has 0 aromatic heterocycles. The van der Waals surface area contributed by atoms with Gasteiger partial charge in [0.1, 0.15) is 5.60 Å². The van der Waals surface area contributed by atoms with Crippen molar-refractivity contribution in [3.05, 3.63) is 53.6 Å². The van der Waals surface area contributed by atoms with E-state index in [-0.39, 0.29) is 40.5 Å². The number of allylic oxidation sites excluding steroid dienone is 3. The number of benzene rings is 1. The molecule has 3 saturated heterocycles. The minimum Gasteiger partial charge on any atom is -0.465 e. The molecular weight excluding hydrogens is 695 g/mol. The number of hydrogen-bond donors (Lipinski definition) is 1. The van der Waals surface area contributed by atoms with Crippen LogP contribution in [0.5, 0.6) is 0 Å². The van der Waals surface area contributed by atoms with E-state index in [1.54, 1.807) is 0 Å². The summed E-state index contributed by atoms with van der Waals surface area (Å²) in [5.74, 6) is 2.98. The summed E-state index contributed by atoms with van der Waals surface area (Å²) in [6.07, 6.45) is 15.1. The van der Waals surface area contributed by atoms with E-state index in [9.17, 15) is 9.59 Å². The topological polar surface area (TPSA) is 71.1 Å². The molecule has 9 rings (SSSR count). The summed E-state index contributed by atoms with van der Waals surface area (Å²) in [6, 6.07) is 8.71. The summed E-state index contributed by atoms with van der Waals surface area (Å²) >= 11 is 0. The van der Waals surface area contributed by atoms with Gasteiger partial charge in [0, 0.05) is 31.7 Å². The number of esters is 1. The van der Waals surface area contributed by atoms with E-state index >= 15 is 0 Å². The lowest BCUT2D eigenvalue weighted by molar-refractivity contribution is -0.219. The second-order valence-corrected chi connectivity index (χ2v) is 22.1. The van der Waals surface area contributed by atoms with Crippen LogP contribution >= 0.6 is 0 Å². The number of rotatable bonds is 7. The van der Waals surface area contributed by atoms with Crippen LogP contribution in [-0.4, -0.2) is 78.4 Å². The molecule has 1 amide bonds. The molecule has 2 unspecified atom stereocenters. The molecular formula is C49H73N3O4. The lowest BCUT2D eigenvalue weighted by Gasteiger charge is -2.72. The van der Waals surface area contributed by atoms with Crippen LogP contribution in [0.15, 0.2) is 42.5 Å². The molecule has 308 valence electrons. The second kappa shape index (κ2) is 13.7. The van der Waals surface area contributed by atoms with E-state index in [0.717, 1.165) is 39.0 Å². The molecule has 3 aliphatic heterocycles. The van der Waals surface area contributed by atoms with E-state index in [0.29, 0.717) is 46.0 Å². The molecule has 7 fully saturated rings. The number of amides is 1. The summed E-state index contributed by atoms with van der Waals surface area (Å²) in [6.45, 7) is 30.0. The quantitative estimate of drug-likeness (QED) is 0.220. The van der Waals surface area contributed by atoms with Crippen molar-refractivity contribution in [3.8, 4) is 0 Å². The van der Waals surface area contributed by atoms with E-state index in [1.165, 1.54) is 75.2 Å². The number of fused-ring (bicyclic) bond motifs is 9. The van der Waals surface area contributed by atoms with E-state index < -0.39 is 5.60 Å². The number of ether oxygens (including phenoxy) is 2. The van der Waals surface area contributed by atoms with E-state index in [2.05, 4.69) is 76.5 Å². The van der Waals surface area contributed by atoms with E-state index in [1.807, 2.05) is 37.8 Å². The Morgan fingerprint density at radius 1 is 0.893 bits per heavy atom. The Bertz CT molecular complexity index is 1750. The SMILES string of the molecule is C=C(C)[C@@H]1CC[C@]2(NCCN3CC4CC(C3)N4C(=O)OC(C)(C)C)CC[C@]3(C)[C@H](CC[C@@H]4[C@@]5(C)CC=C(c6ccc(C(=O)OC)cc6)C(C)(C)[C@@H]5CC[C@]43C)[C@@H]12. The number of methoxy groups -OCH3 is 1. The summed E-state index contributed by atoms with van der Waals surface area (Å²) < 4.78 is 10.7. The van der Waals surface area contributed by atoms with Gasteiger partial charge in [-0.2, -0.15) is 0 Å². The third-order valence-electron chi connectivity index (χ3n) is 18.0. The van der Waals surface area contributed by atoms with Gasteiger partial charge in [0.05, 0.1) is 24.8 Å². The molecule has 11 atom stereocenters. The fraction of sp³-hybridized carbons (Fsp3) is 0.755. The summed E-state index contributed by atoms with van der Waals surface area (Å²) in [4.78, 5) is 29.7. The third kappa shape index (κ3) is 6.08. The maximum atomic E-state index is 12.9. The molecule has 1 N–H and O–H groups in total. The Balaban J connectivity index is 0.987. The largest absolute Gasteiger partial charge is 0.465 e. The first-order valence-electron chi connectivity index (χ1n) is 22.3. The number of hydrogen-bond acceptors (Lipinski definition) is 6. The molecule has 1 aromatic rings. The molecule has 56 heavy (non-hydrogen) atoms. The molecule has 7 nitrogen and oxygen atoms in total. The highest BCUT2D eigenvalue weighted by Gasteiger charge is 2.70. The second-order valence-electron chi connectivity index (χ2n) is 22.1. The zero-order chi connectivity index (χ0) is 40.2. The lowest BCUT2D eigenvalue weighted by atomic mass is 9.33. The minimum atomic E-state index is -0.453. The number of piperazine rings is 1. The first-order chi connectivity index (χ1) is 26.3. The zero-order valence-corrected chi connectivity index (χ0v) is 36.6. The smallest absolute Gasteiger partial charge is 0.410 e. The Morgan fingerprint density at radius 3 is 2.23 bits per heavy atom. The normalized spacial score (nSPS) is 41.2. The molecule has 1 aromatic carbocycles. The summed E-state index contributed by atoms with van der Waals surface area (Å²) in [5, 5.41) is 4.33. The fourth-order valence-electron chi connectivity index (χ4n) is 15.4. The molecule has 8 aliphatic rings. The van der Waals surface area contributed by atoms with Gasteiger partial charge < -0.3 is 14.8 Å². The third-order valence-corrected chi connectivity index (χ3v) is 18.0. The average Bonchev–Trinajstić information content (AvgIpc) is 3.51. The van der Waals surface area contributed by atoms with Crippen molar-refractivity contribution in [1.82, 2.24) is 15.1 Å². The van der Waals surface area contributed by atoms with Gasteiger partial charge in [-0.25, -0.2) is 9.59 Å². The molecule has 4 saturated carbocycles. The van der Waals surface area contributed by atoms with Gasteiger partial charge in [-0.15, -0.1) is 0 Å². The van der Waals surface area contributed by atoms with Crippen molar-refractivity contribution >= 4 is 17.6 Å². The predicted molar refractivity (Wildman–Crippen MR) is 225 cm³/mol. The van der Waals surface area contributed by atoms with Crippen LogP contribution in [0.4, 0.5) is 4.79 Å². The van der Waals surface area contributed by atoms with Gasteiger partial charge in [0.25, 0.3) is 0 Å². The van der Waals surface area contributed by atoms with E-state index in [4.69, 9.17) is 9.47 Å². The highest BCUT2D eigenvalue weighted by molar-refractivity contribution is 5.90. The van der Waals surface area contributed by atoms with Gasteiger partial charge in [-0.1, -0.05) is 65.0 Å². The van der Waals surface area contributed by atoms with Crippen LogP contribution in [0, 0.1) is 51.2 Å². The lowest BCUT2D eigenvalue weighted by Crippen LogP contribution is -2.71. The molecule has 2 bridgehead atoms. The van der Waals surface area contributed by atoms with Gasteiger partial charge in [-0.3, -0.25) is 9.80 Å². The molecule has 5 aliphatic carbocycles. The van der Waals surface area contributed by atoms with Crippen LogP contribution < -0.4 is 5.32 Å².